The van der Waals surface area contributed by atoms with Gasteiger partial charge in [-0.05, 0) is 49.8 Å². The molecule has 2 aromatic heterocycles. The van der Waals surface area contributed by atoms with E-state index in [1.807, 2.05) is 33.8 Å². The molecule has 0 radical (unpaired) electrons. The first-order valence-corrected chi connectivity index (χ1v) is 9.61. The largest absolute Gasteiger partial charge is 0.548 e. The third-order valence-electron chi connectivity index (χ3n) is 5.10. The summed E-state index contributed by atoms with van der Waals surface area (Å²) in [5.41, 5.74) is 2.68. The maximum absolute atomic E-state index is 12.5. The van der Waals surface area contributed by atoms with E-state index in [0.29, 0.717) is 16.7 Å². The molecule has 3 rings (SSSR count). The quantitative estimate of drug-likeness (QED) is 0.612. The standard InChI is InChI=1S/C22H25NO6/c1-11(2)7-17(21(25)26)23-20(24)6-5-14-13(4)16-8-15-12(3)10-28-18(15)9-19(16)29-22(14)27/h8-11,17H,5-7H2,1-4H3,(H,23,24)(H,25,26)/p-1/t17-/m0/s1. The number of hydrogen-bond donors (Lipinski definition) is 1. The van der Waals surface area contributed by atoms with Gasteiger partial charge in [0.15, 0.2) is 0 Å². The Morgan fingerprint density at radius 3 is 2.52 bits per heavy atom. The second-order valence-corrected chi connectivity index (χ2v) is 7.82. The minimum atomic E-state index is -1.31. The molecule has 7 nitrogen and oxygen atoms in total. The molecule has 0 bridgehead atoms. The molecule has 29 heavy (non-hydrogen) atoms. The highest BCUT2D eigenvalue weighted by atomic mass is 16.4. The van der Waals surface area contributed by atoms with Crippen LogP contribution in [0.15, 0.2) is 32.0 Å². The van der Waals surface area contributed by atoms with Crippen LogP contribution in [0.1, 0.15) is 43.4 Å². The van der Waals surface area contributed by atoms with Crippen molar-refractivity contribution in [2.75, 3.05) is 0 Å². The molecule has 0 aliphatic rings. The van der Waals surface area contributed by atoms with Gasteiger partial charge < -0.3 is 24.1 Å². The van der Waals surface area contributed by atoms with Crippen molar-refractivity contribution in [3.05, 3.63) is 45.5 Å². The molecule has 0 saturated carbocycles. The minimum absolute atomic E-state index is 0.0219. The van der Waals surface area contributed by atoms with Crippen molar-refractivity contribution < 1.29 is 23.5 Å². The molecule has 7 heteroatoms. The normalized spacial score (nSPS) is 12.6. The topological polar surface area (TPSA) is 113 Å². The average molecular weight is 398 g/mol. The number of nitrogens with one attached hydrogen (secondary N) is 1. The lowest BCUT2D eigenvalue weighted by Gasteiger charge is -2.21. The fraction of sp³-hybridized carbons (Fsp3) is 0.409. The van der Waals surface area contributed by atoms with E-state index >= 15 is 0 Å². The molecule has 154 valence electrons. The Hall–Kier alpha value is -3.09. The van der Waals surface area contributed by atoms with Crippen molar-refractivity contribution in [3.8, 4) is 0 Å². The molecular formula is C22H24NO6-. The maximum atomic E-state index is 12.5. The van der Waals surface area contributed by atoms with Gasteiger partial charge in [-0.2, -0.15) is 0 Å². The Morgan fingerprint density at radius 1 is 1.14 bits per heavy atom. The van der Waals surface area contributed by atoms with Crippen LogP contribution in [0.3, 0.4) is 0 Å². The summed E-state index contributed by atoms with van der Waals surface area (Å²) in [7, 11) is 0. The van der Waals surface area contributed by atoms with Gasteiger partial charge in [-0.15, -0.1) is 0 Å². The molecule has 1 atom stereocenters. The van der Waals surface area contributed by atoms with E-state index in [9.17, 15) is 19.5 Å². The highest BCUT2D eigenvalue weighted by Crippen LogP contribution is 2.29. The number of aliphatic carboxylic acids is 1. The molecule has 3 aromatic rings. The molecule has 0 spiro atoms. The molecule has 0 saturated heterocycles. The van der Waals surface area contributed by atoms with Gasteiger partial charge in [-0.3, -0.25) is 4.79 Å². The zero-order chi connectivity index (χ0) is 21.3. The summed E-state index contributed by atoms with van der Waals surface area (Å²) < 4.78 is 10.9. The van der Waals surface area contributed by atoms with Crippen LogP contribution >= 0.6 is 0 Å². The Labute approximate surface area is 167 Å². The summed E-state index contributed by atoms with van der Waals surface area (Å²) in [6, 6.07) is 2.56. The average Bonchev–Trinajstić information content (AvgIpc) is 2.99. The molecule has 1 aromatic carbocycles. The first-order chi connectivity index (χ1) is 13.7. The second kappa shape index (κ2) is 8.11. The Balaban J connectivity index is 1.83. The third kappa shape index (κ3) is 4.34. The smallest absolute Gasteiger partial charge is 0.339 e. The van der Waals surface area contributed by atoms with Gasteiger partial charge in [0.05, 0.1) is 18.3 Å². The maximum Gasteiger partial charge on any atom is 0.339 e. The molecule has 0 aliphatic heterocycles. The number of carboxylic acids is 1. The zero-order valence-corrected chi connectivity index (χ0v) is 17.0. The van der Waals surface area contributed by atoms with Crippen LogP contribution in [0.5, 0.6) is 0 Å². The highest BCUT2D eigenvalue weighted by molar-refractivity contribution is 5.96. The number of hydrogen-bond acceptors (Lipinski definition) is 6. The van der Waals surface area contributed by atoms with Crippen molar-refractivity contribution >= 4 is 33.8 Å². The van der Waals surface area contributed by atoms with Crippen LogP contribution in [0.2, 0.25) is 0 Å². The summed E-state index contributed by atoms with van der Waals surface area (Å²) in [5.74, 6) is -1.66. The van der Waals surface area contributed by atoms with Gasteiger partial charge >= 0.3 is 5.63 Å². The fourth-order valence-electron chi connectivity index (χ4n) is 3.52. The van der Waals surface area contributed by atoms with E-state index in [2.05, 4.69) is 5.32 Å². The van der Waals surface area contributed by atoms with Gasteiger partial charge in [0.2, 0.25) is 5.91 Å². The van der Waals surface area contributed by atoms with Crippen LogP contribution in [-0.2, 0) is 16.0 Å². The van der Waals surface area contributed by atoms with Gasteiger partial charge in [0.1, 0.15) is 11.2 Å². The van der Waals surface area contributed by atoms with Crippen molar-refractivity contribution in [2.24, 2.45) is 5.92 Å². The van der Waals surface area contributed by atoms with Gasteiger partial charge in [0, 0.05) is 28.8 Å². The Morgan fingerprint density at radius 2 is 1.86 bits per heavy atom. The number of carbonyl (C=O) groups excluding carboxylic acids is 2. The number of carboxylic acid groups (broad SMARTS) is 1. The van der Waals surface area contributed by atoms with Crippen molar-refractivity contribution in [1.82, 2.24) is 5.32 Å². The highest BCUT2D eigenvalue weighted by Gasteiger charge is 2.18. The fourth-order valence-corrected chi connectivity index (χ4v) is 3.52. The van der Waals surface area contributed by atoms with Crippen LogP contribution in [0.4, 0.5) is 0 Å². The number of rotatable bonds is 7. The van der Waals surface area contributed by atoms with E-state index in [4.69, 9.17) is 8.83 Å². The first-order valence-electron chi connectivity index (χ1n) is 9.61. The number of furan rings is 1. The zero-order valence-electron chi connectivity index (χ0n) is 17.0. The molecule has 0 unspecified atom stereocenters. The number of benzene rings is 1. The first kappa shape index (κ1) is 20.6. The number of amides is 1. The van der Waals surface area contributed by atoms with E-state index in [-0.39, 0.29) is 25.2 Å². The van der Waals surface area contributed by atoms with Crippen LogP contribution in [0, 0.1) is 19.8 Å². The van der Waals surface area contributed by atoms with Gasteiger partial charge in [0.25, 0.3) is 0 Å². The lowest BCUT2D eigenvalue weighted by molar-refractivity contribution is -0.308. The Bertz CT molecular complexity index is 1140. The molecular weight excluding hydrogens is 374 g/mol. The number of aryl methyl sites for hydroxylation is 2. The van der Waals surface area contributed by atoms with E-state index < -0.39 is 23.5 Å². The molecule has 2 heterocycles. The van der Waals surface area contributed by atoms with Crippen LogP contribution in [0.25, 0.3) is 21.9 Å². The predicted octanol–water partition coefficient (Wildman–Crippen LogP) is 2.37. The van der Waals surface area contributed by atoms with E-state index in [1.165, 1.54) is 0 Å². The molecule has 0 fully saturated rings. The Kier molecular flexibility index (Phi) is 5.77. The van der Waals surface area contributed by atoms with Gasteiger partial charge in [-0.25, -0.2) is 4.79 Å². The summed E-state index contributed by atoms with van der Waals surface area (Å²) >= 11 is 0. The van der Waals surface area contributed by atoms with Gasteiger partial charge in [-0.1, -0.05) is 13.8 Å². The second-order valence-electron chi connectivity index (χ2n) is 7.82. The van der Waals surface area contributed by atoms with Crippen molar-refractivity contribution in [3.63, 3.8) is 0 Å². The van der Waals surface area contributed by atoms with Crippen molar-refractivity contribution in [2.45, 2.75) is 53.0 Å². The minimum Gasteiger partial charge on any atom is -0.548 e. The lowest BCUT2D eigenvalue weighted by Crippen LogP contribution is -2.48. The molecule has 1 N–H and O–H groups in total. The predicted molar refractivity (Wildman–Crippen MR) is 106 cm³/mol. The summed E-state index contributed by atoms with van der Waals surface area (Å²) in [6.07, 6.45) is 2.06. The van der Waals surface area contributed by atoms with Crippen molar-refractivity contribution in [1.29, 1.82) is 0 Å². The third-order valence-corrected chi connectivity index (χ3v) is 5.10. The lowest BCUT2D eigenvalue weighted by atomic mass is 10.00. The number of fused-ring (bicyclic) bond motifs is 2. The van der Waals surface area contributed by atoms with Crippen LogP contribution in [-0.4, -0.2) is 17.9 Å². The molecule has 0 aliphatic carbocycles. The summed E-state index contributed by atoms with van der Waals surface area (Å²) in [6.45, 7) is 7.48. The monoisotopic (exact) mass is 398 g/mol. The summed E-state index contributed by atoms with van der Waals surface area (Å²) in [5, 5.41) is 15.4. The van der Waals surface area contributed by atoms with E-state index in [0.717, 1.165) is 21.9 Å². The summed E-state index contributed by atoms with van der Waals surface area (Å²) in [4.78, 5) is 35.9. The van der Waals surface area contributed by atoms with E-state index in [1.54, 1.807) is 12.3 Å². The SMILES string of the molecule is Cc1coc2cc3oc(=O)c(CCC(=O)N[C@@H](CC(C)C)C(=O)[O-])c(C)c3cc12. The number of carbonyl (C=O) groups is 2. The molecule has 1 amide bonds. The van der Waals surface area contributed by atoms with Crippen LogP contribution < -0.4 is 16.0 Å².